The summed E-state index contributed by atoms with van der Waals surface area (Å²) in [4.78, 5) is 24.0. The smallest absolute Gasteiger partial charge is 0.315 e. The predicted octanol–water partition coefficient (Wildman–Crippen LogP) is 1.11. The van der Waals surface area contributed by atoms with Gasteiger partial charge in [-0.05, 0) is 24.8 Å². The maximum absolute atomic E-state index is 12.2. The summed E-state index contributed by atoms with van der Waals surface area (Å²) in [5.41, 5.74) is -0.677. The number of carboxylic acid groups (broad SMARTS) is 1. The highest BCUT2D eigenvalue weighted by molar-refractivity contribution is 7.93. The average Bonchev–Trinajstić information content (AvgIpc) is 2.88. The number of amides is 1. The van der Waals surface area contributed by atoms with Crippen LogP contribution in [0.15, 0.2) is 30.3 Å². The third-order valence-electron chi connectivity index (χ3n) is 4.52. The number of carbonyl (C=O) groups is 2. The lowest BCUT2D eigenvalue weighted by atomic mass is 9.78. The van der Waals surface area contributed by atoms with Crippen molar-refractivity contribution >= 4 is 21.7 Å². The molecule has 2 atom stereocenters. The second kappa shape index (κ2) is 6.70. The Morgan fingerprint density at radius 1 is 1.30 bits per heavy atom. The van der Waals surface area contributed by atoms with E-state index in [1.165, 1.54) is 0 Å². The maximum Gasteiger partial charge on any atom is 0.315 e. The van der Waals surface area contributed by atoms with Gasteiger partial charge in [-0.3, -0.25) is 9.59 Å². The topological polar surface area (TPSA) is 101 Å². The maximum atomic E-state index is 12.2. The predicted molar refractivity (Wildman–Crippen MR) is 85.9 cm³/mol. The number of benzene rings is 1. The molecular weight excluding hydrogens is 318 g/mol. The number of hydrogen-bond acceptors (Lipinski definition) is 4. The summed E-state index contributed by atoms with van der Waals surface area (Å²) >= 11 is 0. The molecular formula is C16H21NO5S. The number of nitrogens with one attached hydrogen (secondary N) is 1. The van der Waals surface area contributed by atoms with Crippen molar-refractivity contribution in [1.29, 1.82) is 0 Å². The van der Waals surface area contributed by atoms with Crippen molar-refractivity contribution in [2.24, 2.45) is 0 Å². The SMILES string of the molecule is CCC(CNC(=O)C1CCCS1(=O)=O)(C(=O)O)c1ccccc1. The van der Waals surface area contributed by atoms with Gasteiger partial charge >= 0.3 is 5.97 Å². The lowest BCUT2D eigenvalue weighted by molar-refractivity contribution is -0.144. The highest BCUT2D eigenvalue weighted by atomic mass is 32.2. The molecule has 1 aromatic rings. The molecule has 1 fully saturated rings. The fourth-order valence-corrected chi connectivity index (χ4v) is 4.77. The molecule has 0 saturated carbocycles. The standard InChI is InChI=1S/C16H21NO5S/c1-2-16(15(19)20,12-7-4-3-5-8-12)11-17-14(18)13-9-6-10-23(13,21)22/h3-5,7-8,13H,2,6,9-11H2,1H3,(H,17,18)(H,19,20). The van der Waals surface area contributed by atoms with Crippen LogP contribution in [0.2, 0.25) is 0 Å². The molecule has 0 radical (unpaired) electrons. The molecule has 126 valence electrons. The molecule has 23 heavy (non-hydrogen) atoms. The largest absolute Gasteiger partial charge is 0.481 e. The van der Waals surface area contributed by atoms with Crippen molar-refractivity contribution in [2.45, 2.75) is 36.9 Å². The second-order valence-electron chi connectivity index (χ2n) is 5.82. The second-order valence-corrected chi connectivity index (χ2v) is 8.13. The number of aliphatic carboxylic acids is 1. The molecule has 6 nitrogen and oxygen atoms in total. The van der Waals surface area contributed by atoms with Gasteiger partial charge in [-0.15, -0.1) is 0 Å². The summed E-state index contributed by atoms with van der Waals surface area (Å²) in [5.74, 6) is -1.62. The molecule has 1 aromatic carbocycles. The number of sulfone groups is 1. The summed E-state index contributed by atoms with van der Waals surface area (Å²) in [7, 11) is -3.41. The fraction of sp³-hybridized carbons (Fsp3) is 0.500. The van der Waals surface area contributed by atoms with Gasteiger partial charge in [-0.25, -0.2) is 8.42 Å². The van der Waals surface area contributed by atoms with E-state index < -0.39 is 32.4 Å². The van der Waals surface area contributed by atoms with Crippen molar-refractivity contribution in [3.05, 3.63) is 35.9 Å². The zero-order valence-corrected chi connectivity index (χ0v) is 13.8. The first kappa shape index (κ1) is 17.5. The number of rotatable bonds is 6. The Bertz CT molecular complexity index is 686. The van der Waals surface area contributed by atoms with E-state index in [0.717, 1.165) is 0 Å². The van der Waals surface area contributed by atoms with E-state index >= 15 is 0 Å². The molecule has 2 N–H and O–H groups in total. The van der Waals surface area contributed by atoms with Crippen LogP contribution in [-0.4, -0.2) is 42.9 Å². The van der Waals surface area contributed by atoms with E-state index in [2.05, 4.69) is 5.32 Å². The number of hydrogen-bond donors (Lipinski definition) is 2. The number of carboxylic acids is 1. The minimum Gasteiger partial charge on any atom is -0.481 e. The molecule has 0 bridgehead atoms. The van der Waals surface area contributed by atoms with Crippen molar-refractivity contribution in [3.8, 4) is 0 Å². The Kier molecular flexibility index (Phi) is 5.09. The highest BCUT2D eigenvalue weighted by Crippen LogP contribution is 2.28. The molecule has 2 unspecified atom stereocenters. The molecule has 1 amide bonds. The number of carbonyl (C=O) groups excluding carboxylic acids is 1. The van der Waals surface area contributed by atoms with Gasteiger partial charge in [-0.2, -0.15) is 0 Å². The molecule has 0 aliphatic carbocycles. The van der Waals surface area contributed by atoms with Crippen LogP contribution in [-0.2, 0) is 24.8 Å². The minimum atomic E-state index is -3.41. The fourth-order valence-electron chi connectivity index (χ4n) is 2.98. The summed E-state index contributed by atoms with van der Waals surface area (Å²) in [6, 6.07) is 8.68. The quantitative estimate of drug-likeness (QED) is 0.809. The Hall–Kier alpha value is -1.89. The van der Waals surface area contributed by atoms with E-state index in [1.54, 1.807) is 37.3 Å². The summed E-state index contributed by atoms with van der Waals surface area (Å²) in [5, 5.41) is 11.2. The van der Waals surface area contributed by atoms with Crippen LogP contribution in [0, 0.1) is 0 Å². The lowest BCUT2D eigenvalue weighted by Crippen LogP contribution is -2.49. The zero-order valence-electron chi connectivity index (χ0n) is 13.0. The van der Waals surface area contributed by atoms with Crippen LogP contribution >= 0.6 is 0 Å². The molecule has 1 aliphatic heterocycles. The average molecular weight is 339 g/mol. The van der Waals surface area contributed by atoms with Crippen LogP contribution in [0.4, 0.5) is 0 Å². The van der Waals surface area contributed by atoms with Crippen LogP contribution in [0.1, 0.15) is 31.7 Å². The van der Waals surface area contributed by atoms with Crippen molar-refractivity contribution in [2.75, 3.05) is 12.3 Å². The van der Waals surface area contributed by atoms with Crippen molar-refractivity contribution < 1.29 is 23.1 Å². The Balaban J connectivity index is 2.20. The molecule has 7 heteroatoms. The molecule has 0 spiro atoms. The highest BCUT2D eigenvalue weighted by Gasteiger charge is 2.42. The lowest BCUT2D eigenvalue weighted by Gasteiger charge is -2.29. The molecule has 1 aliphatic rings. The van der Waals surface area contributed by atoms with E-state index in [0.29, 0.717) is 18.4 Å². The van der Waals surface area contributed by atoms with Crippen molar-refractivity contribution in [1.82, 2.24) is 5.32 Å². The molecule has 1 saturated heterocycles. The van der Waals surface area contributed by atoms with Gasteiger partial charge in [-0.1, -0.05) is 37.3 Å². The minimum absolute atomic E-state index is 0.0155. The van der Waals surface area contributed by atoms with Gasteiger partial charge in [0.1, 0.15) is 10.7 Å². The van der Waals surface area contributed by atoms with Gasteiger partial charge < -0.3 is 10.4 Å². The van der Waals surface area contributed by atoms with Gasteiger partial charge in [0.25, 0.3) is 0 Å². The van der Waals surface area contributed by atoms with E-state index in [-0.39, 0.29) is 18.7 Å². The van der Waals surface area contributed by atoms with Crippen molar-refractivity contribution in [3.63, 3.8) is 0 Å². The summed E-state index contributed by atoms with van der Waals surface area (Å²) in [6.07, 6.45) is 1.05. The summed E-state index contributed by atoms with van der Waals surface area (Å²) in [6.45, 7) is 1.60. The van der Waals surface area contributed by atoms with Gasteiger partial charge in [0.2, 0.25) is 5.91 Å². The molecule has 1 heterocycles. The van der Waals surface area contributed by atoms with E-state index in [1.807, 2.05) is 0 Å². The Morgan fingerprint density at radius 2 is 1.96 bits per heavy atom. The first-order chi connectivity index (χ1) is 10.8. The normalized spacial score (nSPS) is 22.2. The van der Waals surface area contributed by atoms with Crippen LogP contribution in [0.5, 0.6) is 0 Å². The molecule has 2 rings (SSSR count). The van der Waals surface area contributed by atoms with E-state index in [4.69, 9.17) is 0 Å². The van der Waals surface area contributed by atoms with Crippen LogP contribution in [0.3, 0.4) is 0 Å². The van der Waals surface area contributed by atoms with Crippen LogP contribution < -0.4 is 5.32 Å². The van der Waals surface area contributed by atoms with Crippen LogP contribution in [0.25, 0.3) is 0 Å². The summed E-state index contributed by atoms with van der Waals surface area (Å²) < 4.78 is 23.6. The van der Waals surface area contributed by atoms with Gasteiger partial charge in [0.15, 0.2) is 9.84 Å². The Labute approximate surface area is 135 Å². The van der Waals surface area contributed by atoms with Gasteiger partial charge in [0.05, 0.1) is 5.75 Å². The Morgan fingerprint density at radius 3 is 2.43 bits per heavy atom. The van der Waals surface area contributed by atoms with Gasteiger partial charge in [0, 0.05) is 6.54 Å². The third-order valence-corrected chi connectivity index (χ3v) is 6.70. The van der Waals surface area contributed by atoms with E-state index in [9.17, 15) is 23.1 Å². The monoisotopic (exact) mass is 339 g/mol. The first-order valence-corrected chi connectivity index (χ1v) is 9.33. The first-order valence-electron chi connectivity index (χ1n) is 7.61. The third kappa shape index (κ3) is 3.39. The molecule has 0 aromatic heterocycles. The zero-order chi connectivity index (χ0) is 17.1.